The second kappa shape index (κ2) is 6.55. The van der Waals surface area contributed by atoms with Crippen LogP contribution in [0.4, 0.5) is 0 Å². The molecule has 1 aliphatic rings. The van der Waals surface area contributed by atoms with Gasteiger partial charge >= 0.3 is 0 Å². The summed E-state index contributed by atoms with van der Waals surface area (Å²) in [6.07, 6.45) is 7.07. The van der Waals surface area contributed by atoms with Crippen molar-refractivity contribution in [1.82, 2.24) is 5.32 Å². The van der Waals surface area contributed by atoms with E-state index in [0.717, 1.165) is 12.6 Å². The molecule has 0 saturated heterocycles. The molecule has 0 bridgehead atoms. The van der Waals surface area contributed by atoms with Gasteiger partial charge in [-0.15, -0.1) is 11.8 Å². The average molecular weight is 185 g/mol. The lowest BCUT2D eigenvalue weighted by molar-refractivity contribution is 0.381. The van der Waals surface area contributed by atoms with Crippen molar-refractivity contribution in [2.24, 2.45) is 0 Å². The Hall–Kier alpha value is 0.0500. The van der Waals surface area contributed by atoms with Crippen molar-refractivity contribution in [2.45, 2.75) is 38.1 Å². The first-order valence-corrected chi connectivity index (χ1v) is 5.94. The van der Waals surface area contributed by atoms with Gasteiger partial charge in [-0.05, 0) is 18.2 Å². The second-order valence-corrected chi connectivity index (χ2v) is 4.40. The van der Waals surface area contributed by atoms with Crippen molar-refractivity contribution in [3.63, 3.8) is 0 Å². The second-order valence-electron chi connectivity index (χ2n) is 3.33. The Morgan fingerprint density at radius 3 is 2.75 bits per heavy atom. The summed E-state index contributed by atoms with van der Waals surface area (Å²) in [6.45, 7) is 4.82. The van der Waals surface area contributed by atoms with Gasteiger partial charge in [-0.25, -0.2) is 0 Å². The molecule has 2 heteroatoms. The topological polar surface area (TPSA) is 12.0 Å². The van der Waals surface area contributed by atoms with Crippen LogP contribution in [-0.4, -0.2) is 18.3 Å². The molecule has 1 saturated carbocycles. The van der Waals surface area contributed by atoms with Gasteiger partial charge in [-0.2, -0.15) is 0 Å². The summed E-state index contributed by atoms with van der Waals surface area (Å²) in [6, 6.07) is 0.809. The standard InChI is InChI=1S/C10H19NS/c1-2-12-9-8-11-10-6-4-3-5-7-10/h2,10-11H,1,3-9H2. The molecule has 0 spiro atoms. The minimum absolute atomic E-state index is 0.809. The third kappa shape index (κ3) is 4.17. The van der Waals surface area contributed by atoms with Crippen LogP contribution in [0, 0.1) is 0 Å². The number of hydrogen-bond acceptors (Lipinski definition) is 2. The van der Waals surface area contributed by atoms with Gasteiger partial charge in [0, 0.05) is 18.3 Å². The van der Waals surface area contributed by atoms with E-state index in [1.807, 2.05) is 5.41 Å². The van der Waals surface area contributed by atoms with Crippen LogP contribution < -0.4 is 5.32 Å². The Labute approximate surface area is 80.0 Å². The smallest absolute Gasteiger partial charge is 0.00995 e. The van der Waals surface area contributed by atoms with Crippen molar-refractivity contribution < 1.29 is 0 Å². The molecule has 70 valence electrons. The van der Waals surface area contributed by atoms with E-state index < -0.39 is 0 Å². The average Bonchev–Trinajstić information content (AvgIpc) is 2.14. The van der Waals surface area contributed by atoms with E-state index in [1.165, 1.54) is 37.9 Å². The minimum atomic E-state index is 0.809. The van der Waals surface area contributed by atoms with Crippen molar-refractivity contribution in [3.05, 3.63) is 12.0 Å². The number of nitrogens with one attached hydrogen (secondary N) is 1. The normalized spacial score (nSPS) is 19.3. The summed E-state index contributed by atoms with van der Waals surface area (Å²) in [5, 5.41) is 5.51. The van der Waals surface area contributed by atoms with Gasteiger partial charge in [0.15, 0.2) is 0 Å². The zero-order valence-electron chi connectivity index (χ0n) is 7.72. The molecule has 0 heterocycles. The monoisotopic (exact) mass is 185 g/mol. The predicted molar refractivity (Wildman–Crippen MR) is 57.5 cm³/mol. The highest BCUT2D eigenvalue weighted by molar-refractivity contribution is 8.02. The van der Waals surface area contributed by atoms with Crippen LogP contribution in [0.3, 0.4) is 0 Å². The van der Waals surface area contributed by atoms with Gasteiger partial charge in [0.2, 0.25) is 0 Å². The first-order chi connectivity index (χ1) is 5.93. The minimum Gasteiger partial charge on any atom is -0.313 e. The molecule has 1 rings (SSSR count). The molecule has 0 atom stereocenters. The molecule has 0 aliphatic heterocycles. The summed E-state index contributed by atoms with van der Waals surface area (Å²) < 4.78 is 0. The zero-order chi connectivity index (χ0) is 8.65. The van der Waals surface area contributed by atoms with Crippen LogP contribution in [0.1, 0.15) is 32.1 Å². The fraction of sp³-hybridized carbons (Fsp3) is 0.800. The lowest BCUT2D eigenvalue weighted by Crippen LogP contribution is -2.32. The number of hydrogen-bond donors (Lipinski definition) is 1. The number of thioether (sulfide) groups is 1. The molecule has 1 nitrogen and oxygen atoms in total. The molecular weight excluding hydrogens is 166 g/mol. The predicted octanol–water partition coefficient (Wildman–Crippen LogP) is 2.79. The lowest BCUT2D eigenvalue weighted by Gasteiger charge is -2.22. The summed E-state index contributed by atoms with van der Waals surface area (Å²) in [7, 11) is 0. The highest BCUT2D eigenvalue weighted by Crippen LogP contribution is 2.17. The maximum Gasteiger partial charge on any atom is 0.00995 e. The third-order valence-corrected chi connectivity index (χ3v) is 3.05. The van der Waals surface area contributed by atoms with E-state index in [9.17, 15) is 0 Å². The van der Waals surface area contributed by atoms with E-state index in [-0.39, 0.29) is 0 Å². The maximum absolute atomic E-state index is 3.68. The van der Waals surface area contributed by atoms with E-state index in [2.05, 4.69) is 11.9 Å². The highest BCUT2D eigenvalue weighted by atomic mass is 32.2. The summed E-state index contributed by atoms with van der Waals surface area (Å²) in [5.41, 5.74) is 0. The van der Waals surface area contributed by atoms with Crippen LogP contribution in [-0.2, 0) is 0 Å². The van der Waals surface area contributed by atoms with Gasteiger partial charge in [0.05, 0.1) is 0 Å². The van der Waals surface area contributed by atoms with Gasteiger partial charge in [0.1, 0.15) is 0 Å². The quantitative estimate of drug-likeness (QED) is 0.661. The van der Waals surface area contributed by atoms with E-state index in [0.29, 0.717) is 0 Å². The highest BCUT2D eigenvalue weighted by Gasteiger charge is 2.11. The molecule has 1 N–H and O–H groups in total. The van der Waals surface area contributed by atoms with Gasteiger partial charge in [-0.1, -0.05) is 25.8 Å². The maximum atomic E-state index is 3.68. The van der Waals surface area contributed by atoms with E-state index in [4.69, 9.17) is 0 Å². The zero-order valence-corrected chi connectivity index (χ0v) is 8.54. The molecule has 12 heavy (non-hydrogen) atoms. The molecule has 1 fully saturated rings. The molecule has 0 aromatic heterocycles. The number of rotatable bonds is 5. The SMILES string of the molecule is C=CSCCNC1CCCCC1. The van der Waals surface area contributed by atoms with Crippen molar-refractivity contribution in [1.29, 1.82) is 0 Å². The van der Waals surface area contributed by atoms with Crippen LogP contribution in [0.5, 0.6) is 0 Å². The van der Waals surface area contributed by atoms with Crippen molar-refractivity contribution >= 4 is 11.8 Å². The molecule has 1 aliphatic carbocycles. The molecule has 0 radical (unpaired) electrons. The third-order valence-electron chi connectivity index (χ3n) is 2.38. The van der Waals surface area contributed by atoms with E-state index in [1.54, 1.807) is 11.8 Å². The largest absolute Gasteiger partial charge is 0.313 e. The van der Waals surface area contributed by atoms with Crippen LogP contribution in [0.15, 0.2) is 12.0 Å². The molecule has 0 unspecified atom stereocenters. The Bertz CT molecular complexity index is 119. The Kier molecular flexibility index (Phi) is 5.53. The summed E-state index contributed by atoms with van der Waals surface area (Å²) >= 11 is 1.80. The molecular formula is C10H19NS. The van der Waals surface area contributed by atoms with Gasteiger partial charge in [-0.3, -0.25) is 0 Å². The fourth-order valence-electron chi connectivity index (χ4n) is 1.71. The first-order valence-electron chi connectivity index (χ1n) is 4.89. The summed E-state index contributed by atoms with van der Waals surface area (Å²) in [5.74, 6) is 1.17. The van der Waals surface area contributed by atoms with Gasteiger partial charge in [0.25, 0.3) is 0 Å². The molecule has 0 amide bonds. The summed E-state index contributed by atoms with van der Waals surface area (Å²) in [4.78, 5) is 0. The molecule has 0 aromatic carbocycles. The Morgan fingerprint density at radius 2 is 2.08 bits per heavy atom. The first kappa shape index (κ1) is 10.1. The molecule has 0 aromatic rings. The lowest BCUT2D eigenvalue weighted by atomic mass is 9.96. The van der Waals surface area contributed by atoms with Crippen molar-refractivity contribution in [2.75, 3.05) is 12.3 Å². The Morgan fingerprint density at radius 1 is 1.33 bits per heavy atom. The van der Waals surface area contributed by atoms with Gasteiger partial charge < -0.3 is 5.32 Å². The van der Waals surface area contributed by atoms with Crippen LogP contribution in [0.25, 0.3) is 0 Å². The van der Waals surface area contributed by atoms with Crippen molar-refractivity contribution in [3.8, 4) is 0 Å². The van der Waals surface area contributed by atoms with Crippen LogP contribution >= 0.6 is 11.8 Å². The Balaban J connectivity index is 1.94. The van der Waals surface area contributed by atoms with E-state index >= 15 is 0 Å². The fourth-order valence-corrected chi connectivity index (χ4v) is 2.11. The van der Waals surface area contributed by atoms with Crippen LogP contribution in [0.2, 0.25) is 0 Å².